The van der Waals surface area contributed by atoms with Gasteiger partial charge in [-0.05, 0) is 30.5 Å². The van der Waals surface area contributed by atoms with Gasteiger partial charge in [0.05, 0.1) is 6.61 Å². The smallest absolute Gasteiger partial charge is 0.0505 e. The van der Waals surface area contributed by atoms with E-state index in [1.54, 1.807) is 12.4 Å². The molecular formula is C11H16N2O. The number of hydrogen-bond acceptors (Lipinski definition) is 3. The average molecular weight is 192 g/mol. The Bertz CT molecular complexity index is 290. The van der Waals surface area contributed by atoms with Gasteiger partial charge in [-0.3, -0.25) is 4.98 Å². The molecule has 14 heavy (non-hydrogen) atoms. The van der Waals surface area contributed by atoms with Crippen LogP contribution in [0.15, 0.2) is 24.5 Å². The summed E-state index contributed by atoms with van der Waals surface area (Å²) in [6.45, 7) is 0.191. The van der Waals surface area contributed by atoms with Gasteiger partial charge < -0.3 is 10.8 Å². The molecule has 0 spiro atoms. The normalized spacial score (nSPS) is 21.3. The third-order valence-corrected chi connectivity index (χ3v) is 3.39. The fraction of sp³-hybridized carbons (Fsp3) is 0.545. The first-order valence-electron chi connectivity index (χ1n) is 5.05. The summed E-state index contributed by atoms with van der Waals surface area (Å²) in [6.07, 6.45) is 6.75. The Morgan fingerprint density at radius 3 is 2.50 bits per heavy atom. The van der Waals surface area contributed by atoms with Crippen molar-refractivity contribution in [3.63, 3.8) is 0 Å². The predicted octanol–water partition coefficient (Wildman–Crippen LogP) is 1.24. The van der Waals surface area contributed by atoms with Crippen molar-refractivity contribution in [2.24, 2.45) is 11.1 Å². The van der Waals surface area contributed by atoms with Gasteiger partial charge in [-0.25, -0.2) is 0 Å². The molecule has 1 saturated carbocycles. The van der Waals surface area contributed by atoms with Crippen molar-refractivity contribution in [1.29, 1.82) is 0 Å². The zero-order valence-electron chi connectivity index (χ0n) is 8.19. The van der Waals surface area contributed by atoms with Crippen LogP contribution in [0, 0.1) is 5.41 Å². The first kappa shape index (κ1) is 9.62. The van der Waals surface area contributed by atoms with E-state index in [-0.39, 0.29) is 18.1 Å². The van der Waals surface area contributed by atoms with E-state index in [1.165, 1.54) is 6.42 Å². The predicted molar refractivity (Wildman–Crippen MR) is 54.5 cm³/mol. The van der Waals surface area contributed by atoms with Crippen molar-refractivity contribution in [2.45, 2.75) is 25.3 Å². The van der Waals surface area contributed by atoms with Gasteiger partial charge in [0.15, 0.2) is 0 Å². The molecule has 1 heterocycles. The van der Waals surface area contributed by atoms with Crippen molar-refractivity contribution in [1.82, 2.24) is 4.98 Å². The average Bonchev–Trinajstić information content (AvgIpc) is 2.18. The Morgan fingerprint density at radius 2 is 2.07 bits per heavy atom. The maximum Gasteiger partial charge on any atom is 0.0505 e. The van der Waals surface area contributed by atoms with Crippen molar-refractivity contribution < 1.29 is 5.11 Å². The van der Waals surface area contributed by atoms with E-state index in [0.717, 1.165) is 18.4 Å². The summed E-state index contributed by atoms with van der Waals surface area (Å²) in [4.78, 5) is 3.96. The molecule has 0 unspecified atom stereocenters. The summed E-state index contributed by atoms with van der Waals surface area (Å²) in [5.74, 6) is 0. The monoisotopic (exact) mass is 192 g/mol. The second kappa shape index (κ2) is 3.67. The van der Waals surface area contributed by atoms with E-state index in [2.05, 4.69) is 4.98 Å². The molecule has 76 valence electrons. The summed E-state index contributed by atoms with van der Waals surface area (Å²) in [7, 11) is 0. The number of aliphatic hydroxyl groups is 1. The van der Waals surface area contributed by atoms with Crippen LogP contribution in [0.1, 0.15) is 30.9 Å². The Morgan fingerprint density at radius 1 is 1.43 bits per heavy atom. The van der Waals surface area contributed by atoms with Gasteiger partial charge in [-0.15, -0.1) is 0 Å². The highest BCUT2D eigenvalue weighted by atomic mass is 16.3. The fourth-order valence-corrected chi connectivity index (χ4v) is 2.12. The molecule has 1 aliphatic rings. The highest BCUT2D eigenvalue weighted by molar-refractivity contribution is 5.19. The van der Waals surface area contributed by atoms with Crippen LogP contribution in [-0.2, 0) is 0 Å². The van der Waals surface area contributed by atoms with Gasteiger partial charge >= 0.3 is 0 Å². The second-order valence-electron chi connectivity index (χ2n) is 4.13. The molecule has 0 aromatic carbocycles. The van der Waals surface area contributed by atoms with Gasteiger partial charge in [-0.2, -0.15) is 0 Å². The molecule has 0 amide bonds. The van der Waals surface area contributed by atoms with Crippen LogP contribution in [0.2, 0.25) is 0 Å². The van der Waals surface area contributed by atoms with E-state index in [9.17, 15) is 5.11 Å². The van der Waals surface area contributed by atoms with Gasteiger partial charge in [0.2, 0.25) is 0 Å². The van der Waals surface area contributed by atoms with Gasteiger partial charge in [0, 0.05) is 23.9 Å². The van der Waals surface area contributed by atoms with Crippen LogP contribution < -0.4 is 5.73 Å². The number of nitrogens with two attached hydrogens (primary N) is 1. The summed E-state index contributed by atoms with van der Waals surface area (Å²) in [5.41, 5.74) is 7.17. The van der Waals surface area contributed by atoms with Gasteiger partial charge in [0.1, 0.15) is 0 Å². The van der Waals surface area contributed by atoms with Crippen LogP contribution in [0.5, 0.6) is 0 Å². The van der Waals surface area contributed by atoms with Crippen LogP contribution >= 0.6 is 0 Å². The third kappa shape index (κ3) is 1.42. The molecule has 0 saturated heterocycles. The maximum atomic E-state index is 9.37. The number of pyridine rings is 1. The summed E-state index contributed by atoms with van der Waals surface area (Å²) >= 11 is 0. The lowest BCUT2D eigenvalue weighted by molar-refractivity contribution is 0.0184. The van der Waals surface area contributed by atoms with E-state index >= 15 is 0 Å². The second-order valence-corrected chi connectivity index (χ2v) is 4.13. The Kier molecular flexibility index (Phi) is 2.52. The summed E-state index contributed by atoms with van der Waals surface area (Å²) in [6, 6.07) is 3.81. The number of rotatable bonds is 3. The highest BCUT2D eigenvalue weighted by Crippen LogP contribution is 2.48. The fourth-order valence-electron chi connectivity index (χ4n) is 2.12. The molecular weight excluding hydrogens is 176 g/mol. The first-order chi connectivity index (χ1) is 6.78. The molecule has 3 heteroatoms. The molecule has 3 nitrogen and oxygen atoms in total. The lowest BCUT2D eigenvalue weighted by Crippen LogP contribution is -2.43. The van der Waals surface area contributed by atoms with Crippen molar-refractivity contribution in [3.05, 3.63) is 30.1 Å². The van der Waals surface area contributed by atoms with E-state index in [0.29, 0.717) is 0 Å². The number of hydrogen-bond donors (Lipinski definition) is 2. The van der Waals surface area contributed by atoms with Crippen LogP contribution in [0.4, 0.5) is 0 Å². The van der Waals surface area contributed by atoms with Crippen molar-refractivity contribution in [2.75, 3.05) is 6.61 Å². The van der Waals surface area contributed by atoms with Gasteiger partial charge in [-0.1, -0.05) is 6.42 Å². The first-order valence-corrected chi connectivity index (χ1v) is 5.05. The molecule has 3 N–H and O–H groups in total. The Labute approximate surface area is 84.0 Å². The third-order valence-electron chi connectivity index (χ3n) is 3.39. The van der Waals surface area contributed by atoms with Crippen LogP contribution in [-0.4, -0.2) is 16.7 Å². The zero-order valence-corrected chi connectivity index (χ0v) is 8.19. The Balaban J connectivity index is 2.19. The van der Waals surface area contributed by atoms with Crippen LogP contribution in [0.25, 0.3) is 0 Å². The minimum atomic E-state index is -0.0681. The SMILES string of the molecule is N[C@@H](c1ccncc1)C1(CO)CCC1. The Hall–Kier alpha value is -0.930. The number of aliphatic hydroxyl groups excluding tert-OH is 1. The molecule has 2 rings (SSSR count). The molecule has 1 aromatic heterocycles. The minimum absolute atomic E-state index is 0.0516. The molecule has 0 radical (unpaired) electrons. The standard InChI is InChI=1S/C11H16N2O/c12-10(9-2-6-13-7-3-9)11(8-14)4-1-5-11/h2-3,6-7,10,14H,1,4-5,8,12H2/t10-/m0/s1. The van der Waals surface area contributed by atoms with Crippen molar-refractivity contribution in [3.8, 4) is 0 Å². The minimum Gasteiger partial charge on any atom is -0.396 e. The van der Waals surface area contributed by atoms with Crippen LogP contribution in [0.3, 0.4) is 0 Å². The molecule has 0 bridgehead atoms. The topological polar surface area (TPSA) is 59.1 Å². The van der Waals surface area contributed by atoms with Crippen molar-refractivity contribution >= 4 is 0 Å². The molecule has 1 atom stereocenters. The quantitative estimate of drug-likeness (QED) is 0.757. The lowest BCUT2D eigenvalue weighted by Gasteiger charge is -2.45. The summed E-state index contributed by atoms with van der Waals surface area (Å²) in [5, 5.41) is 9.37. The van der Waals surface area contributed by atoms with E-state index in [4.69, 9.17) is 5.73 Å². The molecule has 1 fully saturated rings. The summed E-state index contributed by atoms with van der Waals surface area (Å²) < 4.78 is 0. The number of nitrogens with zero attached hydrogens (tertiary/aromatic N) is 1. The highest BCUT2D eigenvalue weighted by Gasteiger charge is 2.42. The molecule has 1 aromatic rings. The van der Waals surface area contributed by atoms with E-state index in [1.807, 2.05) is 12.1 Å². The zero-order chi connectivity index (χ0) is 10.0. The molecule has 0 aliphatic heterocycles. The largest absolute Gasteiger partial charge is 0.396 e. The maximum absolute atomic E-state index is 9.37. The number of aromatic nitrogens is 1. The van der Waals surface area contributed by atoms with E-state index < -0.39 is 0 Å². The van der Waals surface area contributed by atoms with Gasteiger partial charge in [0.25, 0.3) is 0 Å². The lowest BCUT2D eigenvalue weighted by atomic mass is 9.63. The molecule has 1 aliphatic carbocycles.